The molecule has 3 N–H and O–H groups in total. The van der Waals surface area contributed by atoms with Crippen LogP contribution in [0.1, 0.15) is 18.9 Å². The van der Waals surface area contributed by atoms with Gasteiger partial charge in [-0.2, -0.15) is 0 Å². The number of nitrogens with two attached hydrogens (primary N) is 1. The number of nitrogens with zero attached hydrogens (tertiary/aromatic N) is 3. The summed E-state index contributed by atoms with van der Waals surface area (Å²) < 4.78 is 5.31. The molecule has 0 radical (unpaired) electrons. The standard InChI is InChI=1S/C17H21N5O4S2/c1-2-26-16(25)19-15-20-21-17(28-15)27-11-14(24)22(9-8-13(18)23)10-12-6-4-3-5-7-12/h3-7H,2,8-11H2,1H3,(H2,18,23)(H,19,20,25). The Bertz CT molecular complexity index is 800. The Morgan fingerprint density at radius 1 is 1.25 bits per heavy atom. The van der Waals surface area contributed by atoms with Crippen LogP contribution in [0.2, 0.25) is 0 Å². The summed E-state index contributed by atoms with van der Waals surface area (Å²) in [6.45, 7) is 2.59. The third-order valence-electron chi connectivity index (χ3n) is 3.41. The molecule has 11 heteroatoms. The van der Waals surface area contributed by atoms with Crippen LogP contribution in [0.4, 0.5) is 9.93 Å². The number of aromatic nitrogens is 2. The Morgan fingerprint density at radius 2 is 2.00 bits per heavy atom. The highest BCUT2D eigenvalue weighted by molar-refractivity contribution is 8.01. The Morgan fingerprint density at radius 3 is 2.68 bits per heavy atom. The smallest absolute Gasteiger partial charge is 0.413 e. The molecule has 0 atom stereocenters. The largest absolute Gasteiger partial charge is 0.450 e. The summed E-state index contributed by atoms with van der Waals surface area (Å²) in [7, 11) is 0. The molecular weight excluding hydrogens is 402 g/mol. The average Bonchev–Trinajstić information content (AvgIpc) is 3.11. The summed E-state index contributed by atoms with van der Waals surface area (Å²) in [6.07, 6.45) is -0.512. The fourth-order valence-corrected chi connectivity index (χ4v) is 3.77. The first kappa shape index (κ1) is 21.6. The second-order valence-corrected chi connectivity index (χ2v) is 7.72. The first-order valence-corrected chi connectivity index (χ1v) is 10.3. The molecule has 2 rings (SSSR count). The SMILES string of the molecule is CCOC(=O)Nc1nnc(SCC(=O)N(CCC(N)=O)Cc2ccccc2)s1. The molecule has 2 aromatic rings. The van der Waals surface area contributed by atoms with E-state index in [1.807, 2.05) is 30.3 Å². The summed E-state index contributed by atoms with van der Waals surface area (Å²) >= 11 is 2.36. The molecule has 3 amide bonds. The van der Waals surface area contributed by atoms with Crippen LogP contribution in [-0.4, -0.2) is 51.9 Å². The molecule has 0 spiro atoms. The fourth-order valence-electron chi connectivity index (χ4n) is 2.13. The number of hydrogen-bond acceptors (Lipinski definition) is 8. The van der Waals surface area contributed by atoms with Crippen LogP contribution >= 0.6 is 23.1 Å². The lowest BCUT2D eigenvalue weighted by atomic mass is 10.2. The van der Waals surface area contributed by atoms with E-state index in [0.717, 1.165) is 16.9 Å². The maximum Gasteiger partial charge on any atom is 0.413 e. The molecule has 150 valence electrons. The van der Waals surface area contributed by atoms with Crippen molar-refractivity contribution >= 4 is 46.1 Å². The number of carbonyl (C=O) groups excluding carboxylic acids is 3. The van der Waals surface area contributed by atoms with Crippen LogP contribution in [-0.2, 0) is 20.9 Å². The van der Waals surface area contributed by atoms with Crippen LogP contribution in [0, 0.1) is 0 Å². The van der Waals surface area contributed by atoms with Gasteiger partial charge in [0.05, 0.1) is 12.4 Å². The predicted octanol–water partition coefficient (Wildman–Crippen LogP) is 2.10. The van der Waals surface area contributed by atoms with Crippen molar-refractivity contribution in [3.8, 4) is 0 Å². The van der Waals surface area contributed by atoms with Crippen LogP contribution in [0.15, 0.2) is 34.7 Å². The van der Waals surface area contributed by atoms with Gasteiger partial charge in [0.2, 0.25) is 16.9 Å². The summed E-state index contributed by atoms with van der Waals surface area (Å²) in [5.74, 6) is -0.484. The average molecular weight is 424 g/mol. The van der Waals surface area contributed by atoms with E-state index < -0.39 is 12.0 Å². The van der Waals surface area contributed by atoms with E-state index in [2.05, 4.69) is 15.5 Å². The first-order valence-electron chi connectivity index (χ1n) is 8.48. The van der Waals surface area contributed by atoms with E-state index >= 15 is 0 Å². The summed E-state index contributed by atoms with van der Waals surface area (Å²) in [4.78, 5) is 36.7. The highest BCUT2D eigenvalue weighted by Gasteiger charge is 2.17. The topological polar surface area (TPSA) is 128 Å². The van der Waals surface area contributed by atoms with Crippen molar-refractivity contribution in [2.24, 2.45) is 5.73 Å². The van der Waals surface area contributed by atoms with E-state index in [0.29, 0.717) is 16.0 Å². The van der Waals surface area contributed by atoms with E-state index in [9.17, 15) is 14.4 Å². The Balaban J connectivity index is 1.92. The van der Waals surface area contributed by atoms with Gasteiger partial charge in [0.1, 0.15) is 0 Å². The lowest BCUT2D eigenvalue weighted by molar-refractivity contribution is -0.129. The molecule has 0 saturated heterocycles. The maximum absolute atomic E-state index is 12.6. The summed E-state index contributed by atoms with van der Waals surface area (Å²) in [5.41, 5.74) is 6.18. The number of anilines is 1. The molecule has 0 aliphatic carbocycles. The van der Waals surface area contributed by atoms with Crippen LogP contribution < -0.4 is 11.1 Å². The zero-order chi connectivity index (χ0) is 20.4. The lowest BCUT2D eigenvalue weighted by Gasteiger charge is -2.22. The van der Waals surface area contributed by atoms with Gasteiger partial charge in [0.25, 0.3) is 0 Å². The zero-order valence-corrected chi connectivity index (χ0v) is 16.9. The third kappa shape index (κ3) is 7.53. The minimum atomic E-state index is -0.605. The van der Waals surface area contributed by atoms with Crippen molar-refractivity contribution in [1.29, 1.82) is 0 Å². The minimum Gasteiger partial charge on any atom is -0.450 e. The lowest BCUT2D eigenvalue weighted by Crippen LogP contribution is -2.34. The number of hydrogen-bond donors (Lipinski definition) is 2. The van der Waals surface area contributed by atoms with Gasteiger partial charge in [-0.25, -0.2) is 4.79 Å². The van der Waals surface area contributed by atoms with Crippen molar-refractivity contribution in [3.05, 3.63) is 35.9 Å². The summed E-state index contributed by atoms with van der Waals surface area (Å²) in [5, 5.41) is 10.5. The van der Waals surface area contributed by atoms with E-state index in [1.165, 1.54) is 11.8 Å². The number of carbonyl (C=O) groups is 3. The molecule has 9 nitrogen and oxygen atoms in total. The number of benzene rings is 1. The number of nitrogens with one attached hydrogen (secondary N) is 1. The van der Waals surface area contributed by atoms with Gasteiger partial charge in [0, 0.05) is 19.5 Å². The van der Waals surface area contributed by atoms with Crippen molar-refractivity contribution in [1.82, 2.24) is 15.1 Å². The van der Waals surface area contributed by atoms with Gasteiger partial charge >= 0.3 is 6.09 Å². The molecule has 1 aromatic carbocycles. The van der Waals surface area contributed by atoms with Crippen molar-refractivity contribution in [3.63, 3.8) is 0 Å². The minimum absolute atomic E-state index is 0.0929. The first-order chi connectivity index (χ1) is 13.5. The molecule has 0 fully saturated rings. The predicted molar refractivity (Wildman–Crippen MR) is 107 cm³/mol. The van der Waals surface area contributed by atoms with Crippen LogP contribution in [0.25, 0.3) is 0 Å². The molecule has 0 aliphatic heterocycles. The van der Waals surface area contributed by atoms with E-state index in [-0.39, 0.29) is 31.2 Å². The number of thioether (sulfide) groups is 1. The van der Waals surface area contributed by atoms with Gasteiger partial charge < -0.3 is 15.4 Å². The second kappa shape index (κ2) is 11.2. The Hall–Kier alpha value is -2.66. The van der Waals surface area contributed by atoms with Gasteiger partial charge in [-0.1, -0.05) is 53.4 Å². The van der Waals surface area contributed by atoms with Crippen molar-refractivity contribution < 1.29 is 19.1 Å². The van der Waals surface area contributed by atoms with E-state index in [1.54, 1.807) is 11.8 Å². The number of rotatable bonds is 10. The van der Waals surface area contributed by atoms with Gasteiger partial charge in [-0.3, -0.25) is 14.9 Å². The van der Waals surface area contributed by atoms with Crippen LogP contribution in [0.3, 0.4) is 0 Å². The van der Waals surface area contributed by atoms with Gasteiger partial charge in [-0.15, -0.1) is 10.2 Å². The maximum atomic E-state index is 12.6. The Kier molecular flexibility index (Phi) is 8.69. The zero-order valence-electron chi connectivity index (χ0n) is 15.3. The third-order valence-corrected chi connectivity index (χ3v) is 5.36. The molecule has 0 saturated carbocycles. The van der Waals surface area contributed by atoms with Crippen LogP contribution in [0.5, 0.6) is 0 Å². The van der Waals surface area contributed by atoms with Gasteiger partial charge in [0.15, 0.2) is 4.34 Å². The second-order valence-electron chi connectivity index (χ2n) is 5.52. The number of ether oxygens (including phenoxy) is 1. The fraction of sp³-hybridized carbons (Fsp3) is 0.353. The molecule has 28 heavy (non-hydrogen) atoms. The molecule has 0 aliphatic rings. The molecular formula is C17H21N5O4S2. The highest BCUT2D eigenvalue weighted by Crippen LogP contribution is 2.26. The normalized spacial score (nSPS) is 10.3. The summed E-state index contributed by atoms with van der Waals surface area (Å²) in [6, 6.07) is 9.50. The highest BCUT2D eigenvalue weighted by atomic mass is 32.2. The quantitative estimate of drug-likeness (QED) is 0.442. The monoisotopic (exact) mass is 423 g/mol. The Labute approximate surface area is 170 Å². The van der Waals surface area contributed by atoms with E-state index in [4.69, 9.17) is 10.5 Å². The molecule has 0 unspecified atom stereocenters. The van der Waals surface area contributed by atoms with Crippen molar-refractivity contribution in [2.45, 2.75) is 24.2 Å². The van der Waals surface area contributed by atoms with Crippen molar-refractivity contribution in [2.75, 3.05) is 24.2 Å². The van der Waals surface area contributed by atoms with Gasteiger partial charge in [-0.05, 0) is 12.5 Å². The molecule has 1 aromatic heterocycles. The number of primary amides is 1. The molecule has 0 bridgehead atoms. The number of amides is 3. The molecule has 1 heterocycles.